The van der Waals surface area contributed by atoms with Crippen molar-refractivity contribution in [1.29, 1.82) is 0 Å². The van der Waals surface area contributed by atoms with Gasteiger partial charge in [0.05, 0.1) is 11.4 Å². The van der Waals surface area contributed by atoms with Crippen molar-refractivity contribution in [3.05, 3.63) is 64.7 Å². The first-order valence-corrected chi connectivity index (χ1v) is 6.86. The number of halogens is 3. The molecule has 2 aromatic carbocycles. The minimum Gasteiger partial charge on any atom is -0.489 e. The molecular weight excluding hydrogens is 294 g/mol. The van der Waals surface area contributed by atoms with Crippen LogP contribution in [0.25, 0.3) is 0 Å². The molecule has 4 heteroatoms. The highest BCUT2D eigenvalue weighted by Gasteiger charge is 2.05. The molecule has 0 unspecified atom stereocenters. The lowest BCUT2D eigenvalue weighted by atomic mass is 10.1. The largest absolute Gasteiger partial charge is 0.489 e. The second kappa shape index (κ2) is 7.10. The summed E-state index contributed by atoms with van der Waals surface area (Å²) in [6.07, 6.45) is 0. The molecule has 0 radical (unpaired) electrons. The van der Waals surface area contributed by atoms with E-state index in [1.165, 1.54) is 24.3 Å². The van der Waals surface area contributed by atoms with E-state index in [-0.39, 0.29) is 23.9 Å². The van der Waals surface area contributed by atoms with Gasteiger partial charge in [0.1, 0.15) is 24.0 Å². The van der Waals surface area contributed by atoms with Crippen molar-refractivity contribution in [2.75, 3.05) is 5.88 Å². The maximum absolute atomic E-state index is 13.8. The Labute approximate surface area is 127 Å². The SMILES string of the molecule is Cc1ccc(F)cc1COc1ccc(C#CCCl)c(F)c1. The zero-order chi connectivity index (χ0) is 15.2. The van der Waals surface area contributed by atoms with Crippen molar-refractivity contribution in [1.82, 2.24) is 0 Å². The maximum Gasteiger partial charge on any atom is 0.142 e. The summed E-state index contributed by atoms with van der Waals surface area (Å²) in [7, 11) is 0. The van der Waals surface area contributed by atoms with Crippen molar-refractivity contribution in [2.45, 2.75) is 13.5 Å². The molecule has 0 bridgehead atoms. The van der Waals surface area contributed by atoms with Gasteiger partial charge >= 0.3 is 0 Å². The maximum atomic E-state index is 13.8. The Hall–Kier alpha value is -2.05. The molecule has 0 saturated heterocycles. The number of alkyl halides is 1. The molecule has 0 spiro atoms. The van der Waals surface area contributed by atoms with Crippen LogP contribution in [0.2, 0.25) is 0 Å². The van der Waals surface area contributed by atoms with E-state index in [0.717, 1.165) is 11.1 Å². The van der Waals surface area contributed by atoms with Crippen molar-refractivity contribution >= 4 is 11.6 Å². The Morgan fingerprint density at radius 3 is 2.67 bits per heavy atom. The lowest BCUT2D eigenvalue weighted by Gasteiger charge is -2.09. The van der Waals surface area contributed by atoms with Crippen molar-refractivity contribution < 1.29 is 13.5 Å². The second-order valence-corrected chi connectivity index (χ2v) is 4.70. The van der Waals surface area contributed by atoms with Crippen LogP contribution in [0.5, 0.6) is 5.75 Å². The van der Waals surface area contributed by atoms with E-state index in [0.29, 0.717) is 5.75 Å². The highest BCUT2D eigenvalue weighted by molar-refractivity contribution is 6.19. The summed E-state index contributed by atoms with van der Waals surface area (Å²) in [6, 6.07) is 8.89. The van der Waals surface area contributed by atoms with Gasteiger partial charge < -0.3 is 4.74 Å². The van der Waals surface area contributed by atoms with E-state index in [4.69, 9.17) is 16.3 Å². The predicted molar refractivity (Wildman–Crippen MR) is 79.5 cm³/mol. The van der Waals surface area contributed by atoms with Gasteiger partial charge in [0, 0.05) is 6.07 Å². The summed E-state index contributed by atoms with van der Waals surface area (Å²) in [5, 5.41) is 0. The summed E-state index contributed by atoms with van der Waals surface area (Å²) >= 11 is 5.43. The fourth-order valence-electron chi connectivity index (χ4n) is 1.77. The Balaban J connectivity index is 2.10. The van der Waals surface area contributed by atoms with Gasteiger partial charge in [-0.15, -0.1) is 11.6 Å². The predicted octanol–water partition coefficient (Wildman–Crippen LogP) is 4.44. The Kier molecular flexibility index (Phi) is 5.19. The molecule has 0 heterocycles. The van der Waals surface area contributed by atoms with Crippen LogP contribution >= 0.6 is 11.6 Å². The van der Waals surface area contributed by atoms with E-state index in [1.54, 1.807) is 12.1 Å². The number of hydrogen-bond donors (Lipinski definition) is 0. The van der Waals surface area contributed by atoms with Crippen molar-refractivity contribution in [3.63, 3.8) is 0 Å². The number of hydrogen-bond acceptors (Lipinski definition) is 1. The van der Waals surface area contributed by atoms with Crippen LogP contribution in [0, 0.1) is 30.4 Å². The zero-order valence-electron chi connectivity index (χ0n) is 11.4. The van der Waals surface area contributed by atoms with Gasteiger partial charge in [-0.25, -0.2) is 8.78 Å². The lowest BCUT2D eigenvalue weighted by molar-refractivity contribution is 0.303. The van der Waals surface area contributed by atoms with Crippen LogP contribution in [-0.2, 0) is 6.61 Å². The van der Waals surface area contributed by atoms with Gasteiger partial charge in [-0.1, -0.05) is 17.9 Å². The number of benzene rings is 2. The quantitative estimate of drug-likeness (QED) is 0.601. The molecule has 0 aromatic heterocycles. The molecule has 2 aromatic rings. The van der Waals surface area contributed by atoms with Gasteiger partial charge in [0.2, 0.25) is 0 Å². The van der Waals surface area contributed by atoms with Gasteiger partial charge in [0.15, 0.2) is 0 Å². The third-order valence-electron chi connectivity index (χ3n) is 2.94. The average molecular weight is 307 g/mol. The fraction of sp³-hybridized carbons (Fsp3) is 0.176. The molecule has 108 valence electrons. The molecule has 0 amide bonds. The first kappa shape index (κ1) is 15.3. The highest BCUT2D eigenvalue weighted by Crippen LogP contribution is 2.19. The van der Waals surface area contributed by atoms with Crippen LogP contribution in [0.1, 0.15) is 16.7 Å². The molecular formula is C17H13ClF2O. The standard InChI is InChI=1S/C17H13ClF2O/c1-12-4-6-15(19)9-14(12)11-21-16-7-5-13(3-2-8-18)17(20)10-16/h4-7,9-10H,8,11H2,1H3. The lowest BCUT2D eigenvalue weighted by Crippen LogP contribution is -1.99. The van der Waals surface area contributed by atoms with Gasteiger partial charge in [0.25, 0.3) is 0 Å². The van der Waals surface area contributed by atoms with Crippen LogP contribution in [0.4, 0.5) is 8.78 Å². The molecule has 1 nitrogen and oxygen atoms in total. The van der Waals surface area contributed by atoms with Crippen molar-refractivity contribution in [3.8, 4) is 17.6 Å². The molecule has 0 N–H and O–H groups in total. The summed E-state index contributed by atoms with van der Waals surface area (Å²) in [6.45, 7) is 2.04. The first-order valence-electron chi connectivity index (χ1n) is 6.32. The summed E-state index contributed by atoms with van der Waals surface area (Å²) < 4.78 is 32.4. The highest BCUT2D eigenvalue weighted by atomic mass is 35.5. The Morgan fingerprint density at radius 2 is 1.95 bits per heavy atom. The normalized spacial score (nSPS) is 9.90. The van der Waals surface area contributed by atoms with Gasteiger partial charge in [-0.3, -0.25) is 0 Å². The molecule has 21 heavy (non-hydrogen) atoms. The monoisotopic (exact) mass is 306 g/mol. The summed E-state index contributed by atoms with van der Waals surface area (Å²) in [5.74, 6) is 4.93. The van der Waals surface area contributed by atoms with E-state index >= 15 is 0 Å². The van der Waals surface area contributed by atoms with Crippen LogP contribution in [-0.4, -0.2) is 5.88 Å². The van der Waals surface area contributed by atoms with Crippen LogP contribution in [0.3, 0.4) is 0 Å². The molecule has 0 aliphatic carbocycles. The average Bonchev–Trinajstić information content (AvgIpc) is 2.47. The van der Waals surface area contributed by atoms with Gasteiger partial charge in [-0.2, -0.15) is 0 Å². The smallest absolute Gasteiger partial charge is 0.142 e. The Bertz CT molecular complexity index is 702. The van der Waals surface area contributed by atoms with E-state index < -0.39 is 5.82 Å². The minimum atomic E-state index is -0.471. The topological polar surface area (TPSA) is 9.23 Å². The fourth-order valence-corrected chi connectivity index (χ4v) is 1.84. The van der Waals surface area contributed by atoms with E-state index in [9.17, 15) is 8.78 Å². The van der Waals surface area contributed by atoms with Crippen molar-refractivity contribution in [2.24, 2.45) is 0 Å². The van der Waals surface area contributed by atoms with E-state index in [2.05, 4.69) is 11.8 Å². The molecule has 2 rings (SSSR count). The van der Waals surface area contributed by atoms with Crippen LogP contribution < -0.4 is 4.74 Å². The summed E-state index contributed by atoms with van der Waals surface area (Å²) in [4.78, 5) is 0. The zero-order valence-corrected chi connectivity index (χ0v) is 12.2. The second-order valence-electron chi connectivity index (χ2n) is 4.44. The Morgan fingerprint density at radius 1 is 1.14 bits per heavy atom. The first-order chi connectivity index (χ1) is 10.1. The number of rotatable bonds is 3. The molecule has 0 aliphatic heterocycles. The number of aryl methyl sites for hydroxylation is 1. The third-order valence-corrected chi connectivity index (χ3v) is 3.07. The third kappa shape index (κ3) is 4.21. The minimum absolute atomic E-state index is 0.149. The van der Waals surface area contributed by atoms with E-state index in [1.807, 2.05) is 6.92 Å². The number of ether oxygens (including phenoxy) is 1. The molecule has 0 aliphatic rings. The molecule has 0 fully saturated rings. The van der Waals surface area contributed by atoms with Gasteiger partial charge in [-0.05, 0) is 42.3 Å². The molecule has 0 saturated carbocycles. The molecule has 0 atom stereocenters. The van der Waals surface area contributed by atoms with Crippen LogP contribution in [0.15, 0.2) is 36.4 Å². The summed E-state index contributed by atoms with van der Waals surface area (Å²) in [5.41, 5.74) is 1.91.